The van der Waals surface area contributed by atoms with E-state index in [2.05, 4.69) is 182 Å². The van der Waals surface area contributed by atoms with Gasteiger partial charge in [0.25, 0.3) is 0 Å². The molecule has 12 aromatic rings. The van der Waals surface area contributed by atoms with Gasteiger partial charge in [-0.3, -0.25) is 0 Å². The molecule has 0 radical (unpaired) electrons. The van der Waals surface area contributed by atoms with Crippen LogP contribution in [0.3, 0.4) is 0 Å². The molecule has 0 unspecified atom stereocenters. The van der Waals surface area contributed by atoms with Gasteiger partial charge in [-0.2, -0.15) is 0 Å². The van der Waals surface area contributed by atoms with Crippen LogP contribution in [0, 0.1) is 0 Å². The van der Waals surface area contributed by atoms with Crippen LogP contribution in [-0.4, -0.2) is 0 Å². The Kier molecular flexibility index (Phi) is 6.28. The van der Waals surface area contributed by atoms with Crippen LogP contribution in [0.15, 0.2) is 186 Å². The fourth-order valence-electron chi connectivity index (χ4n) is 9.12. The van der Waals surface area contributed by atoms with Crippen molar-refractivity contribution in [3.8, 4) is 33.4 Å². The third-order valence-corrected chi connectivity index (χ3v) is 12.6. The minimum atomic E-state index is 0.935. The number of hydrogen-bond acceptors (Lipinski definition) is 2. The van der Waals surface area contributed by atoms with Crippen LogP contribution in [0.1, 0.15) is 0 Å². The van der Waals surface area contributed by atoms with E-state index in [1.54, 1.807) is 0 Å². The Bertz CT molecular complexity index is 3450. The summed E-state index contributed by atoms with van der Waals surface area (Å²) in [7, 11) is 0. The lowest BCUT2D eigenvalue weighted by Gasteiger charge is -2.19. The molecule has 0 spiro atoms. The molecule has 250 valence electrons. The zero-order valence-electron chi connectivity index (χ0n) is 29.1. The van der Waals surface area contributed by atoms with Gasteiger partial charge in [0.1, 0.15) is 11.2 Å². The van der Waals surface area contributed by atoms with Gasteiger partial charge in [0.05, 0.1) is 0 Å². The van der Waals surface area contributed by atoms with Crippen molar-refractivity contribution in [2.75, 3.05) is 0 Å². The summed E-state index contributed by atoms with van der Waals surface area (Å²) in [4.78, 5) is 0. The fraction of sp³-hybridized carbons (Fsp3) is 0. The first kappa shape index (κ1) is 29.8. The van der Waals surface area contributed by atoms with Crippen LogP contribution >= 0.6 is 11.3 Å². The molecule has 2 heterocycles. The Balaban J connectivity index is 1.14. The molecule has 0 aliphatic heterocycles. The average molecular weight is 703 g/mol. The highest BCUT2D eigenvalue weighted by Gasteiger charge is 2.21. The highest BCUT2D eigenvalue weighted by atomic mass is 32.1. The van der Waals surface area contributed by atoms with Gasteiger partial charge in [-0.15, -0.1) is 11.3 Å². The normalized spacial score (nSPS) is 12.1. The molecule has 0 saturated carbocycles. The molecule has 0 N–H and O–H groups in total. The number of fused-ring (bicyclic) bond motifs is 12. The number of thiophene rings is 1. The van der Waals surface area contributed by atoms with Gasteiger partial charge in [-0.25, -0.2) is 0 Å². The lowest BCUT2D eigenvalue weighted by Crippen LogP contribution is -1.92. The first-order valence-corrected chi connectivity index (χ1v) is 19.3. The topological polar surface area (TPSA) is 13.1 Å². The summed E-state index contributed by atoms with van der Waals surface area (Å²) in [6, 6.07) is 66.7. The van der Waals surface area contributed by atoms with Gasteiger partial charge in [-0.1, -0.05) is 152 Å². The molecule has 0 saturated heterocycles. The molecule has 12 rings (SSSR count). The first-order valence-electron chi connectivity index (χ1n) is 18.5. The van der Waals surface area contributed by atoms with E-state index in [9.17, 15) is 0 Å². The van der Waals surface area contributed by atoms with Gasteiger partial charge < -0.3 is 4.42 Å². The number of benzene rings is 10. The molecule has 2 heteroatoms. The van der Waals surface area contributed by atoms with Crippen LogP contribution in [0.25, 0.3) is 119 Å². The first-order chi connectivity index (χ1) is 26.8. The Morgan fingerprint density at radius 1 is 0.352 bits per heavy atom. The average Bonchev–Trinajstić information content (AvgIpc) is 3.81. The van der Waals surface area contributed by atoms with Crippen molar-refractivity contribution in [1.29, 1.82) is 0 Å². The summed E-state index contributed by atoms with van der Waals surface area (Å²) in [5.74, 6) is 0. The van der Waals surface area contributed by atoms with E-state index in [4.69, 9.17) is 4.42 Å². The van der Waals surface area contributed by atoms with Crippen LogP contribution < -0.4 is 0 Å². The molecule has 0 bridgehead atoms. The molecule has 2 aromatic heterocycles. The summed E-state index contributed by atoms with van der Waals surface area (Å²) in [6.45, 7) is 0. The van der Waals surface area contributed by atoms with E-state index in [-0.39, 0.29) is 0 Å². The van der Waals surface area contributed by atoms with Gasteiger partial charge in [0, 0.05) is 36.3 Å². The highest BCUT2D eigenvalue weighted by molar-refractivity contribution is 7.26. The fourth-order valence-corrected chi connectivity index (χ4v) is 10.4. The van der Waals surface area contributed by atoms with E-state index in [0.717, 1.165) is 21.9 Å². The summed E-state index contributed by atoms with van der Waals surface area (Å²) in [6.07, 6.45) is 0. The second kappa shape index (κ2) is 11.4. The second-order valence-electron chi connectivity index (χ2n) is 14.3. The molecular weight excluding hydrogens is 673 g/mol. The van der Waals surface area contributed by atoms with Crippen molar-refractivity contribution in [2.45, 2.75) is 0 Å². The zero-order chi connectivity index (χ0) is 35.3. The Labute approximate surface area is 314 Å². The van der Waals surface area contributed by atoms with Crippen molar-refractivity contribution in [1.82, 2.24) is 0 Å². The summed E-state index contributed by atoms with van der Waals surface area (Å²) in [5.41, 5.74) is 9.30. The van der Waals surface area contributed by atoms with Crippen molar-refractivity contribution >= 4 is 96.5 Å². The quantitative estimate of drug-likeness (QED) is 0.167. The third kappa shape index (κ3) is 4.20. The van der Waals surface area contributed by atoms with Crippen LogP contribution in [0.5, 0.6) is 0 Å². The molecular formula is C52H30OS. The number of hydrogen-bond donors (Lipinski definition) is 0. The molecule has 10 aromatic carbocycles. The standard InChI is InChI=1S/C52H30OS/c1-2-17-34-31(13-1)14-12-25-37(34)49-40-22-6-4-20-38(40)48(39-21-5-7-23-41(39)49)33-16-11-15-32(29-33)44-30-45-50-46(53-51(45)42-24-8-3-18-35(42)44)28-27-43-36-19-9-10-26-47(36)54-52(43)50/h1-30H. The smallest absolute Gasteiger partial charge is 0.143 e. The molecule has 0 amide bonds. The van der Waals surface area contributed by atoms with E-state index >= 15 is 0 Å². The summed E-state index contributed by atoms with van der Waals surface area (Å²) in [5, 5.41) is 14.8. The molecule has 54 heavy (non-hydrogen) atoms. The minimum absolute atomic E-state index is 0.935. The lowest BCUT2D eigenvalue weighted by atomic mass is 9.84. The van der Waals surface area contributed by atoms with Gasteiger partial charge in [-0.05, 0) is 101 Å². The van der Waals surface area contributed by atoms with Crippen LogP contribution in [-0.2, 0) is 0 Å². The van der Waals surface area contributed by atoms with Crippen molar-refractivity contribution in [3.05, 3.63) is 182 Å². The minimum Gasteiger partial charge on any atom is -0.455 e. The van der Waals surface area contributed by atoms with Crippen molar-refractivity contribution in [2.24, 2.45) is 0 Å². The Hall–Kier alpha value is -6.74. The van der Waals surface area contributed by atoms with E-state index in [1.807, 2.05) is 11.3 Å². The van der Waals surface area contributed by atoms with E-state index in [1.165, 1.54) is 96.6 Å². The maximum absolute atomic E-state index is 6.73. The Morgan fingerprint density at radius 3 is 1.72 bits per heavy atom. The summed E-state index contributed by atoms with van der Waals surface area (Å²) < 4.78 is 9.32. The van der Waals surface area contributed by atoms with Crippen molar-refractivity contribution in [3.63, 3.8) is 0 Å². The Morgan fingerprint density at radius 2 is 0.944 bits per heavy atom. The van der Waals surface area contributed by atoms with E-state index < -0.39 is 0 Å². The highest BCUT2D eigenvalue weighted by Crippen LogP contribution is 2.48. The van der Waals surface area contributed by atoms with Gasteiger partial charge >= 0.3 is 0 Å². The van der Waals surface area contributed by atoms with Gasteiger partial charge in [0.15, 0.2) is 0 Å². The molecule has 1 nitrogen and oxygen atoms in total. The second-order valence-corrected chi connectivity index (χ2v) is 15.4. The SMILES string of the molecule is c1cc(-c2c3ccccc3c(-c3cccc4ccccc34)c3ccccc23)cc(-c2cc3c(oc4ccc5c6ccccc6sc5c43)c3ccccc23)c1. The molecule has 0 aliphatic rings. The van der Waals surface area contributed by atoms with Crippen LogP contribution in [0.4, 0.5) is 0 Å². The number of rotatable bonds is 3. The lowest BCUT2D eigenvalue weighted by molar-refractivity contribution is 0.673. The van der Waals surface area contributed by atoms with Crippen LogP contribution in [0.2, 0.25) is 0 Å². The third-order valence-electron chi connectivity index (χ3n) is 11.4. The largest absolute Gasteiger partial charge is 0.455 e. The molecule has 0 fully saturated rings. The molecule has 0 atom stereocenters. The monoisotopic (exact) mass is 702 g/mol. The maximum atomic E-state index is 6.73. The predicted molar refractivity (Wildman–Crippen MR) is 233 cm³/mol. The van der Waals surface area contributed by atoms with E-state index in [0.29, 0.717) is 0 Å². The maximum Gasteiger partial charge on any atom is 0.143 e. The van der Waals surface area contributed by atoms with Crippen molar-refractivity contribution < 1.29 is 4.42 Å². The zero-order valence-corrected chi connectivity index (χ0v) is 30.0. The number of furan rings is 1. The summed E-state index contributed by atoms with van der Waals surface area (Å²) >= 11 is 1.86. The predicted octanol–water partition coefficient (Wildman–Crippen LogP) is 15.6. The molecule has 0 aliphatic carbocycles. The van der Waals surface area contributed by atoms with Gasteiger partial charge in [0.2, 0.25) is 0 Å².